The van der Waals surface area contributed by atoms with Gasteiger partial charge in [0.2, 0.25) is 5.91 Å². The molecular weight excluding hydrogens is 256 g/mol. The molecule has 0 aromatic heterocycles. The lowest BCUT2D eigenvalue weighted by Gasteiger charge is -2.07. The highest BCUT2D eigenvalue weighted by atomic mass is 16.6. The number of nitrogens with two attached hydrogens (primary N) is 1. The quantitative estimate of drug-likeness (QED) is 0.305. The fourth-order valence-corrected chi connectivity index (χ4v) is 1.02. The van der Waals surface area contributed by atoms with Gasteiger partial charge in [-0.2, -0.15) is 0 Å². The molecule has 0 spiro atoms. The van der Waals surface area contributed by atoms with Crippen LogP contribution in [0.15, 0.2) is 0 Å². The molecule has 0 heterocycles. The molecule has 0 aliphatic heterocycles. The molecule has 0 aromatic rings. The van der Waals surface area contributed by atoms with Gasteiger partial charge in [0.05, 0.1) is 46.1 Å². The summed E-state index contributed by atoms with van der Waals surface area (Å²) in [4.78, 5) is 21.5. The largest absolute Gasteiger partial charge is 0.462 e. The summed E-state index contributed by atoms with van der Waals surface area (Å²) in [6.07, 6.45) is 0. The fraction of sp³-hybridized carbons (Fsp3) is 0.818. The minimum absolute atomic E-state index is 0.0512. The first-order valence-electron chi connectivity index (χ1n) is 5.96. The van der Waals surface area contributed by atoms with Crippen molar-refractivity contribution in [1.82, 2.24) is 5.32 Å². The number of hydrogen-bond acceptors (Lipinski definition) is 7. The van der Waals surface area contributed by atoms with Gasteiger partial charge in [0.15, 0.2) is 0 Å². The molecule has 1 amide bonds. The molecule has 0 aliphatic carbocycles. The summed E-state index contributed by atoms with van der Waals surface area (Å²) in [6.45, 7) is 2.34. The van der Waals surface area contributed by atoms with Crippen LogP contribution in [0.4, 0.5) is 0 Å². The van der Waals surface area contributed by atoms with Gasteiger partial charge in [-0.15, -0.1) is 0 Å². The van der Waals surface area contributed by atoms with E-state index >= 15 is 0 Å². The lowest BCUT2D eigenvalue weighted by molar-refractivity contribution is -0.144. The van der Waals surface area contributed by atoms with Crippen LogP contribution in [0.5, 0.6) is 0 Å². The third-order valence-electron chi connectivity index (χ3n) is 1.86. The van der Waals surface area contributed by atoms with E-state index in [0.29, 0.717) is 33.0 Å². The van der Waals surface area contributed by atoms with Crippen LogP contribution in [0, 0.1) is 0 Å². The molecule has 0 unspecified atom stereocenters. The molecule has 8 nitrogen and oxygen atoms in total. The third kappa shape index (κ3) is 14.7. The molecule has 0 aliphatic rings. The first-order valence-corrected chi connectivity index (χ1v) is 5.96. The van der Waals surface area contributed by atoms with Crippen LogP contribution in [-0.4, -0.2) is 71.7 Å². The number of esters is 1. The second-order valence-electron chi connectivity index (χ2n) is 3.51. The summed E-state index contributed by atoms with van der Waals surface area (Å²) in [7, 11) is 1.60. The molecule has 0 saturated heterocycles. The van der Waals surface area contributed by atoms with Crippen molar-refractivity contribution in [2.24, 2.45) is 5.73 Å². The molecule has 112 valence electrons. The first kappa shape index (κ1) is 17.8. The number of carbonyl (C=O) groups is 2. The SMILES string of the molecule is COCCOCCOCCOC(=O)CNCC(N)=O. The topological polar surface area (TPSA) is 109 Å². The van der Waals surface area contributed by atoms with Crippen LogP contribution in [0.1, 0.15) is 0 Å². The number of nitrogens with one attached hydrogen (secondary N) is 1. The van der Waals surface area contributed by atoms with Gasteiger partial charge in [0.25, 0.3) is 0 Å². The number of rotatable bonds is 13. The fourth-order valence-electron chi connectivity index (χ4n) is 1.02. The number of ether oxygens (including phenoxy) is 4. The van der Waals surface area contributed by atoms with Gasteiger partial charge in [-0.05, 0) is 0 Å². The second-order valence-corrected chi connectivity index (χ2v) is 3.51. The minimum Gasteiger partial charge on any atom is -0.462 e. The molecule has 19 heavy (non-hydrogen) atoms. The molecular formula is C11H22N2O6. The summed E-state index contributed by atoms with van der Waals surface area (Å²) in [5, 5.41) is 2.54. The predicted molar refractivity (Wildman–Crippen MR) is 66.5 cm³/mol. The van der Waals surface area contributed by atoms with Gasteiger partial charge in [-0.1, -0.05) is 0 Å². The van der Waals surface area contributed by atoms with E-state index in [2.05, 4.69) is 5.32 Å². The molecule has 0 bridgehead atoms. The Kier molecular flexibility index (Phi) is 12.4. The second kappa shape index (κ2) is 13.2. The van der Waals surface area contributed by atoms with Crippen LogP contribution in [0.3, 0.4) is 0 Å². The van der Waals surface area contributed by atoms with Gasteiger partial charge in [-0.3, -0.25) is 14.9 Å². The van der Waals surface area contributed by atoms with Crippen molar-refractivity contribution < 1.29 is 28.5 Å². The Morgan fingerprint density at radius 3 is 2.11 bits per heavy atom. The smallest absolute Gasteiger partial charge is 0.320 e. The van der Waals surface area contributed by atoms with E-state index in [1.165, 1.54) is 0 Å². The number of carbonyl (C=O) groups excluding carboxylic acids is 2. The Bertz CT molecular complexity index is 249. The van der Waals surface area contributed by atoms with Crippen molar-refractivity contribution in [3.8, 4) is 0 Å². The molecule has 3 N–H and O–H groups in total. The zero-order chi connectivity index (χ0) is 14.3. The van der Waals surface area contributed by atoms with E-state index in [-0.39, 0.29) is 19.7 Å². The van der Waals surface area contributed by atoms with Gasteiger partial charge in [0.1, 0.15) is 6.61 Å². The number of methoxy groups -OCH3 is 1. The summed E-state index contributed by atoms with van der Waals surface area (Å²) < 4.78 is 20.0. The van der Waals surface area contributed by atoms with Crippen molar-refractivity contribution in [1.29, 1.82) is 0 Å². The third-order valence-corrected chi connectivity index (χ3v) is 1.86. The number of primary amides is 1. The molecule has 0 fully saturated rings. The zero-order valence-electron chi connectivity index (χ0n) is 11.2. The zero-order valence-corrected chi connectivity index (χ0v) is 11.2. The van der Waals surface area contributed by atoms with E-state index in [0.717, 1.165) is 0 Å². The average molecular weight is 278 g/mol. The Labute approximate surface area is 112 Å². The van der Waals surface area contributed by atoms with Crippen molar-refractivity contribution in [3.63, 3.8) is 0 Å². The van der Waals surface area contributed by atoms with Gasteiger partial charge >= 0.3 is 5.97 Å². The molecule has 8 heteroatoms. The maximum atomic E-state index is 11.1. The van der Waals surface area contributed by atoms with Crippen LogP contribution >= 0.6 is 0 Å². The Hall–Kier alpha value is -1.22. The lowest BCUT2D eigenvalue weighted by atomic mass is 10.5. The van der Waals surface area contributed by atoms with E-state index in [1.807, 2.05) is 0 Å². The Morgan fingerprint density at radius 1 is 0.947 bits per heavy atom. The highest BCUT2D eigenvalue weighted by Crippen LogP contribution is 1.82. The van der Waals surface area contributed by atoms with Gasteiger partial charge in [0, 0.05) is 7.11 Å². The molecule has 0 atom stereocenters. The predicted octanol–water partition coefficient (Wildman–Crippen LogP) is -1.72. The van der Waals surface area contributed by atoms with Crippen molar-refractivity contribution in [2.45, 2.75) is 0 Å². The summed E-state index contributed by atoms with van der Waals surface area (Å²) in [5.41, 5.74) is 4.88. The molecule has 0 aromatic carbocycles. The van der Waals surface area contributed by atoms with Gasteiger partial charge in [-0.25, -0.2) is 0 Å². The number of amides is 1. The summed E-state index contributed by atoms with van der Waals surface area (Å²) >= 11 is 0. The van der Waals surface area contributed by atoms with E-state index in [4.69, 9.17) is 24.7 Å². The lowest BCUT2D eigenvalue weighted by Crippen LogP contribution is -2.33. The normalized spacial score (nSPS) is 10.4. The molecule has 0 saturated carbocycles. The molecule has 0 rings (SSSR count). The maximum absolute atomic E-state index is 11.1. The monoisotopic (exact) mass is 278 g/mol. The molecule has 0 radical (unpaired) electrons. The summed E-state index contributed by atoms with van der Waals surface area (Å²) in [5.74, 6) is -0.981. The van der Waals surface area contributed by atoms with Crippen LogP contribution in [-0.2, 0) is 28.5 Å². The summed E-state index contributed by atoms with van der Waals surface area (Å²) in [6, 6.07) is 0. The van der Waals surface area contributed by atoms with Crippen molar-refractivity contribution >= 4 is 11.9 Å². The Balaban J connectivity index is 3.16. The highest BCUT2D eigenvalue weighted by molar-refractivity contribution is 5.77. The Morgan fingerprint density at radius 2 is 1.53 bits per heavy atom. The average Bonchev–Trinajstić information content (AvgIpc) is 2.36. The minimum atomic E-state index is -0.524. The van der Waals surface area contributed by atoms with E-state index in [9.17, 15) is 9.59 Å². The van der Waals surface area contributed by atoms with Gasteiger partial charge < -0.3 is 24.7 Å². The van der Waals surface area contributed by atoms with Crippen molar-refractivity contribution in [2.75, 3.05) is 59.8 Å². The van der Waals surface area contributed by atoms with Crippen LogP contribution in [0.2, 0.25) is 0 Å². The van der Waals surface area contributed by atoms with Crippen LogP contribution in [0.25, 0.3) is 0 Å². The highest BCUT2D eigenvalue weighted by Gasteiger charge is 2.02. The first-order chi connectivity index (χ1) is 9.16. The standard InChI is InChI=1S/C11H22N2O6/c1-16-2-3-17-4-5-18-6-7-19-11(15)9-13-8-10(12)14/h13H,2-9H2,1H3,(H2,12,14). The van der Waals surface area contributed by atoms with E-state index < -0.39 is 11.9 Å². The number of hydrogen-bond donors (Lipinski definition) is 2. The van der Waals surface area contributed by atoms with E-state index in [1.54, 1.807) is 7.11 Å². The maximum Gasteiger partial charge on any atom is 0.320 e. The van der Waals surface area contributed by atoms with Crippen LogP contribution < -0.4 is 11.1 Å². The van der Waals surface area contributed by atoms with Crippen molar-refractivity contribution in [3.05, 3.63) is 0 Å².